The van der Waals surface area contributed by atoms with Crippen LogP contribution in [0.3, 0.4) is 0 Å². The van der Waals surface area contributed by atoms with Gasteiger partial charge in [0.2, 0.25) is 0 Å². The average Bonchev–Trinajstić information content (AvgIpc) is 1.68. The standard InChI is InChI=1S/C3H6B2O2/c4-5-1-3(7)2-6/h2,5H,1,4H2. The molecule has 0 bridgehead atoms. The monoisotopic (exact) mass is 96.1 g/mol. The van der Waals surface area contributed by atoms with E-state index >= 15 is 0 Å². The second kappa shape index (κ2) is 3.65. The molecule has 4 heteroatoms. The first-order valence-electron chi connectivity index (χ1n) is 2.29. The van der Waals surface area contributed by atoms with Crippen LogP contribution in [-0.2, 0) is 9.59 Å². The lowest BCUT2D eigenvalue weighted by Gasteiger charge is -1.77. The maximum Gasteiger partial charge on any atom is 0.187 e. The van der Waals surface area contributed by atoms with Crippen LogP contribution in [0.25, 0.3) is 0 Å². The third-order valence-corrected chi connectivity index (χ3v) is 0.628. The normalized spacial score (nSPS) is 7.43. The van der Waals surface area contributed by atoms with Crippen LogP contribution in [-0.4, -0.2) is 27.0 Å². The first-order chi connectivity index (χ1) is 3.31. The molecule has 0 N–H and O–H groups in total. The molecule has 0 unspecified atom stereocenters. The minimum Gasteiger partial charge on any atom is -0.295 e. The van der Waals surface area contributed by atoms with Gasteiger partial charge in [-0.1, -0.05) is 0 Å². The molecule has 0 saturated carbocycles. The zero-order valence-corrected chi connectivity index (χ0v) is 4.31. The minimum atomic E-state index is -0.303. The number of rotatable bonds is 3. The third-order valence-electron chi connectivity index (χ3n) is 0.628. The lowest BCUT2D eigenvalue weighted by Crippen LogP contribution is -2.02. The molecule has 0 atom stereocenters. The Hall–Kier alpha value is -0.530. The van der Waals surface area contributed by atoms with Gasteiger partial charge < -0.3 is 0 Å². The summed E-state index contributed by atoms with van der Waals surface area (Å²) >= 11 is 0. The summed E-state index contributed by atoms with van der Waals surface area (Å²) in [5.74, 6) is -0.303. The summed E-state index contributed by atoms with van der Waals surface area (Å²) in [4.78, 5) is 19.6. The summed E-state index contributed by atoms with van der Waals surface area (Å²) < 4.78 is 0. The van der Waals surface area contributed by atoms with Crippen LogP contribution in [0.2, 0.25) is 6.32 Å². The first-order valence-corrected chi connectivity index (χ1v) is 2.29. The number of aldehydes is 1. The van der Waals surface area contributed by atoms with Gasteiger partial charge in [-0.2, -0.15) is 0 Å². The van der Waals surface area contributed by atoms with E-state index in [1.54, 1.807) is 0 Å². The van der Waals surface area contributed by atoms with E-state index in [-0.39, 0.29) is 5.78 Å². The number of Topliss-reactive ketones (excluding diaryl/α,β-unsaturated/α-hetero) is 1. The molecule has 0 rings (SSSR count). The Bertz CT molecular complexity index is 81.0. The van der Waals surface area contributed by atoms with Gasteiger partial charge in [-0.25, -0.2) is 0 Å². The Kier molecular flexibility index (Phi) is 3.38. The minimum absolute atomic E-state index is 0.303. The van der Waals surface area contributed by atoms with E-state index in [9.17, 15) is 9.59 Å². The van der Waals surface area contributed by atoms with E-state index in [0.717, 1.165) is 7.17 Å². The van der Waals surface area contributed by atoms with Crippen LogP contribution >= 0.6 is 0 Å². The lowest BCUT2D eigenvalue weighted by molar-refractivity contribution is -0.128. The predicted octanol–water partition coefficient (Wildman–Crippen LogP) is -1.84. The van der Waals surface area contributed by atoms with Gasteiger partial charge in [-0.05, 0) is 6.32 Å². The van der Waals surface area contributed by atoms with Crippen molar-refractivity contribution in [2.24, 2.45) is 0 Å². The Balaban J connectivity index is 3.17. The summed E-state index contributed by atoms with van der Waals surface area (Å²) in [6, 6.07) is 0. The lowest BCUT2D eigenvalue weighted by atomic mass is 9.53. The molecule has 0 saturated heterocycles. The van der Waals surface area contributed by atoms with Crippen molar-refractivity contribution in [2.75, 3.05) is 0 Å². The predicted molar refractivity (Wildman–Crippen MR) is 31.6 cm³/mol. The van der Waals surface area contributed by atoms with Crippen molar-refractivity contribution in [3.8, 4) is 0 Å². The first kappa shape index (κ1) is 6.47. The van der Waals surface area contributed by atoms with Crippen molar-refractivity contribution in [3.63, 3.8) is 0 Å². The van der Waals surface area contributed by atoms with Gasteiger partial charge in [0.1, 0.15) is 0 Å². The van der Waals surface area contributed by atoms with E-state index < -0.39 is 0 Å². The number of carbonyl (C=O) groups excluding carboxylic acids is 2. The van der Waals surface area contributed by atoms with Crippen molar-refractivity contribution in [1.29, 1.82) is 0 Å². The van der Waals surface area contributed by atoms with Crippen LogP contribution in [0.15, 0.2) is 0 Å². The van der Waals surface area contributed by atoms with E-state index in [4.69, 9.17) is 0 Å². The molecular weight excluding hydrogens is 89.7 g/mol. The highest BCUT2D eigenvalue weighted by Crippen LogP contribution is 1.71. The summed E-state index contributed by atoms with van der Waals surface area (Å²) in [7, 11) is 2.62. The molecule has 0 amide bonds. The Labute approximate surface area is 43.9 Å². The highest BCUT2D eigenvalue weighted by Gasteiger charge is 1.93. The molecule has 0 spiro atoms. The maximum absolute atomic E-state index is 10.0. The number of carbonyl (C=O) groups is 2. The molecule has 2 nitrogen and oxygen atoms in total. The topological polar surface area (TPSA) is 34.1 Å². The van der Waals surface area contributed by atoms with Gasteiger partial charge >= 0.3 is 0 Å². The van der Waals surface area contributed by atoms with E-state index in [1.165, 1.54) is 0 Å². The summed E-state index contributed by atoms with van der Waals surface area (Å²) in [6.45, 7) is 0. The second-order valence-electron chi connectivity index (χ2n) is 1.33. The Morgan fingerprint density at radius 1 is 1.86 bits per heavy atom. The van der Waals surface area contributed by atoms with Gasteiger partial charge in [-0.15, -0.1) is 0 Å². The van der Waals surface area contributed by atoms with Gasteiger partial charge in [0, 0.05) is 0 Å². The van der Waals surface area contributed by atoms with E-state index in [2.05, 4.69) is 0 Å². The molecule has 0 aromatic carbocycles. The molecule has 0 radical (unpaired) electrons. The highest BCUT2D eigenvalue weighted by atomic mass is 16.2. The van der Waals surface area contributed by atoms with Crippen LogP contribution in [0.4, 0.5) is 0 Å². The molecule has 0 aromatic rings. The third kappa shape index (κ3) is 3.30. The van der Waals surface area contributed by atoms with Crippen LogP contribution in [0.1, 0.15) is 0 Å². The van der Waals surface area contributed by atoms with Gasteiger partial charge in [-0.3, -0.25) is 9.59 Å². The molecule has 0 aromatic heterocycles. The number of hydrogen-bond donors (Lipinski definition) is 0. The summed E-state index contributed by atoms with van der Waals surface area (Å²) in [6.07, 6.45) is 0.757. The van der Waals surface area contributed by atoms with Crippen molar-refractivity contribution in [2.45, 2.75) is 6.32 Å². The summed E-state index contributed by atoms with van der Waals surface area (Å²) in [5.41, 5.74) is 0. The quantitative estimate of drug-likeness (QED) is 0.235. The fourth-order valence-electron chi connectivity index (χ4n) is 0.305. The second-order valence-corrected chi connectivity index (χ2v) is 1.33. The zero-order valence-electron chi connectivity index (χ0n) is 4.31. The molecule has 7 heavy (non-hydrogen) atoms. The maximum atomic E-state index is 10.0. The van der Waals surface area contributed by atoms with Crippen LogP contribution < -0.4 is 0 Å². The molecule has 0 fully saturated rings. The Morgan fingerprint density at radius 3 is 2.57 bits per heavy atom. The number of ketones is 1. The van der Waals surface area contributed by atoms with Crippen molar-refractivity contribution in [3.05, 3.63) is 0 Å². The number of hydrogen-bond acceptors (Lipinski definition) is 2. The van der Waals surface area contributed by atoms with Gasteiger partial charge in [0.25, 0.3) is 0 Å². The smallest absolute Gasteiger partial charge is 0.187 e. The van der Waals surface area contributed by atoms with Gasteiger partial charge in [0.05, 0.1) is 14.9 Å². The highest BCUT2D eigenvalue weighted by molar-refractivity contribution is 6.91. The SMILES string of the molecule is BBCC(=O)C=O. The molecular formula is C3H6B2O2. The summed E-state index contributed by atoms with van der Waals surface area (Å²) in [5, 5.41) is 0. The van der Waals surface area contributed by atoms with Crippen LogP contribution in [0, 0.1) is 0 Å². The molecule has 0 heterocycles. The fourth-order valence-corrected chi connectivity index (χ4v) is 0.305. The van der Waals surface area contributed by atoms with E-state index in [0.29, 0.717) is 12.6 Å². The zero-order chi connectivity index (χ0) is 5.70. The van der Waals surface area contributed by atoms with Crippen molar-refractivity contribution >= 4 is 27.0 Å². The van der Waals surface area contributed by atoms with Crippen LogP contribution in [0.5, 0.6) is 0 Å². The van der Waals surface area contributed by atoms with Gasteiger partial charge in [0.15, 0.2) is 12.1 Å². The van der Waals surface area contributed by atoms with E-state index in [1.807, 2.05) is 7.74 Å². The molecule has 0 aliphatic rings. The van der Waals surface area contributed by atoms with Crippen molar-refractivity contribution < 1.29 is 9.59 Å². The molecule has 0 aliphatic carbocycles. The largest absolute Gasteiger partial charge is 0.295 e. The molecule has 0 aliphatic heterocycles. The Morgan fingerprint density at radius 2 is 2.43 bits per heavy atom. The van der Waals surface area contributed by atoms with Crippen molar-refractivity contribution in [1.82, 2.24) is 0 Å². The fraction of sp³-hybridized carbons (Fsp3) is 0.333. The molecule has 36 valence electrons. The average molecular weight is 95.7 g/mol.